The minimum absolute atomic E-state index is 0.0767. The van der Waals surface area contributed by atoms with Gasteiger partial charge >= 0.3 is 0 Å². The Morgan fingerprint density at radius 3 is 2.76 bits per heavy atom. The summed E-state index contributed by atoms with van der Waals surface area (Å²) in [6.07, 6.45) is 2.16. The number of hydrogen-bond acceptors (Lipinski definition) is 4. The third-order valence-electron chi connectivity index (χ3n) is 4.18. The highest BCUT2D eigenvalue weighted by molar-refractivity contribution is 9.10. The summed E-state index contributed by atoms with van der Waals surface area (Å²) in [5.41, 5.74) is 0. The normalized spacial score (nSPS) is 18.9. The van der Waals surface area contributed by atoms with Crippen LogP contribution in [-0.4, -0.2) is 51.5 Å². The second-order valence-electron chi connectivity index (χ2n) is 6.00. The van der Waals surface area contributed by atoms with Crippen LogP contribution >= 0.6 is 15.9 Å². The molecule has 1 aromatic rings. The number of carbonyl (C=O) groups is 1. The van der Waals surface area contributed by atoms with Gasteiger partial charge in [0.25, 0.3) is 0 Å². The molecule has 0 radical (unpaired) electrons. The zero-order valence-corrected chi connectivity index (χ0v) is 16.8. The van der Waals surface area contributed by atoms with Crippen LogP contribution < -0.4 is 5.32 Å². The fourth-order valence-electron chi connectivity index (χ4n) is 2.80. The van der Waals surface area contributed by atoms with Crippen molar-refractivity contribution < 1.29 is 17.9 Å². The Balaban J connectivity index is 1.93. The molecular formula is C17H25BrN2O4S. The van der Waals surface area contributed by atoms with Crippen molar-refractivity contribution in [3.63, 3.8) is 0 Å². The number of sulfonamides is 1. The molecule has 140 valence electrons. The van der Waals surface area contributed by atoms with E-state index >= 15 is 0 Å². The maximum atomic E-state index is 12.8. The first kappa shape index (κ1) is 20.4. The molecule has 0 bridgehead atoms. The van der Waals surface area contributed by atoms with Crippen LogP contribution in [0.1, 0.15) is 26.2 Å². The summed E-state index contributed by atoms with van der Waals surface area (Å²) < 4.78 is 33.0. The number of carbonyl (C=O) groups excluding carboxylic acids is 1. The van der Waals surface area contributed by atoms with Gasteiger partial charge in [-0.1, -0.05) is 15.9 Å². The van der Waals surface area contributed by atoms with Crippen molar-refractivity contribution in [2.24, 2.45) is 5.92 Å². The van der Waals surface area contributed by atoms with Crippen molar-refractivity contribution in [3.05, 3.63) is 28.7 Å². The smallest absolute Gasteiger partial charge is 0.243 e. The Hall–Kier alpha value is -0.960. The lowest BCUT2D eigenvalue weighted by Gasteiger charge is -2.31. The van der Waals surface area contributed by atoms with E-state index in [1.807, 2.05) is 6.92 Å². The Labute approximate surface area is 158 Å². The van der Waals surface area contributed by atoms with E-state index in [0.29, 0.717) is 39.1 Å². The first-order chi connectivity index (χ1) is 11.9. The average Bonchev–Trinajstić information content (AvgIpc) is 2.62. The van der Waals surface area contributed by atoms with Gasteiger partial charge in [0.1, 0.15) is 0 Å². The third-order valence-corrected chi connectivity index (χ3v) is 6.58. The molecule has 0 unspecified atom stereocenters. The molecule has 1 aliphatic heterocycles. The average molecular weight is 433 g/mol. The number of amides is 1. The van der Waals surface area contributed by atoms with Crippen molar-refractivity contribution in [2.45, 2.75) is 31.1 Å². The fourth-order valence-corrected chi connectivity index (χ4v) is 4.59. The molecule has 0 saturated carbocycles. The minimum Gasteiger partial charge on any atom is -0.382 e. The van der Waals surface area contributed by atoms with Crippen LogP contribution in [0.15, 0.2) is 33.6 Å². The van der Waals surface area contributed by atoms with Crippen molar-refractivity contribution in [1.29, 1.82) is 0 Å². The zero-order valence-electron chi connectivity index (χ0n) is 14.4. The summed E-state index contributed by atoms with van der Waals surface area (Å²) in [7, 11) is -3.57. The molecule has 1 aliphatic rings. The number of rotatable bonds is 8. The predicted molar refractivity (Wildman–Crippen MR) is 99.7 cm³/mol. The van der Waals surface area contributed by atoms with Gasteiger partial charge in [-0.25, -0.2) is 8.42 Å². The van der Waals surface area contributed by atoms with Crippen LogP contribution in [0.2, 0.25) is 0 Å². The lowest BCUT2D eigenvalue weighted by atomic mass is 9.99. The Kier molecular flexibility index (Phi) is 7.86. The minimum atomic E-state index is -3.57. The van der Waals surface area contributed by atoms with Gasteiger partial charge in [-0.15, -0.1) is 0 Å². The van der Waals surface area contributed by atoms with Crippen LogP contribution in [0.3, 0.4) is 0 Å². The molecule has 25 heavy (non-hydrogen) atoms. The summed E-state index contributed by atoms with van der Waals surface area (Å²) >= 11 is 3.31. The molecule has 1 N–H and O–H groups in total. The van der Waals surface area contributed by atoms with E-state index in [1.54, 1.807) is 24.3 Å². The number of nitrogens with one attached hydrogen (secondary N) is 1. The van der Waals surface area contributed by atoms with E-state index in [9.17, 15) is 13.2 Å². The van der Waals surface area contributed by atoms with Gasteiger partial charge in [0.05, 0.1) is 10.8 Å². The van der Waals surface area contributed by atoms with Gasteiger partial charge in [0, 0.05) is 37.3 Å². The molecule has 1 atom stereocenters. The second kappa shape index (κ2) is 9.66. The molecule has 8 heteroatoms. The number of nitrogens with zero attached hydrogens (tertiary/aromatic N) is 1. The largest absolute Gasteiger partial charge is 0.382 e. The van der Waals surface area contributed by atoms with E-state index in [-0.39, 0.29) is 23.3 Å². The summed E-state index contributed by atoms with van der Waals surface area (Å²) in [4.78, 5) is 12.6. The number of benzene rings is 1. The maximum Gasteiger partial charge on any atom is 0.243 e. The molecule has 0 aromatic heterocycles. The van der Waals surface area contributed by atoms with Crippen LogP contribution in [-0.2, 0) is 19.6 Å². The molecule has 1 heterocycles. The molecular weight excluding hydrogens is 408 g/mol. The number of hydrogen-bond donors (Lipinski definition) is 1. The molecule has 1 fully saturated rings. The van der Waals surface area contributed by atoms with Crippen molar-refractivity contribution in [3.8, 4) is 0 Å². The quantitative estimate of drug-likeness (QED) is 0.639. The highest BCUT2D eigenvalue weighted by atomic mass is 79.9. The molecule has 6 nitrogen and oxygen atoms in total. The topological polar surface area (TPSA) is 75.7 Å². The van der Waals surface area contributed by atoms with E-state index in [2.05, 4.69) is 21.2 Å². The van der Waals surface area contributed by atoms with Crippen molar-refractivity contribution >= 4 is 31.9 Å². The highest BCUT2D eigenvalue weighted by Crippen LogP contribution is 2.24. The van der Waals surface area contributed by atoms with Gasteiger partial charge in [0.15, 0.2) is 0 Å². The van der Waals surface area contributed by atoms with Gasteiger partial charge in [-0.2, -0.15) is 4.31 Å². The summed E-state index contributed by atoms with van der Waals surface area (Å²) in [6.45, 7) is 4.45. The first-order valence-electron chi connectivity index (χ1n) is 8.56. The first-order valence-corrected chi connectivity index (χ1v) is 10.8. The molecule has 0 aliphatic carbocycles. The van der Waals surface area contributed by atoms with E-state index in [1.165, 1.54) is 4.31 Å². The van der Waals surface area contributed by atoms with Gasteiger partial charge in [-0.05, 0) is 50.5 Å². The second-order valence-corrected chi connectivity index (χ2v) is 8.85. The lowest BCUT2D eigenvalue weighted by Crippen LogP contribution is -2.45. The standard InChI is InChI=1S/C17H25BrN2O4S/c1-2-24-12-4-10-19-17(21)14-5-3-11-20(13-14)25(22,23)16-8-6-15(18)7-9-16/h6-9,14H,2-5,10-13H2,1H3,(H,19,21)/t14-/m0/s1. The highest BCUT2D eigenvalue weighted by Gasteiger charge is 2.33. The third kappa shape index (κ3) is 5.77. The van der Waals surface area contributed by atoms with Crippen LogP contribution in [0.25, 0.3) is 0 Å². The lowest BCUT2D eigenvalue weighted by molar-refractivity contribution is -0.126. The van der Waals surface area contributed by atoms with Gasteiger partial charge in [-0.3, -0.25) is 4.79 Å². The Morgan fingerprint density at radius 2 is 2.08 bits per heavy atom. The van der Waals surface area contributed by atoms with E-state index < -0.39 is 10.0 Å². The zero-order chi connectivity index (χ0) is 18.3. The maximum absolute atomic E-state index is 12.8. The van der Waals surface area contributed by atoms with Crippen LogP contribution in [0.5, 0.6) is 0 Å². The number of piperidine rings is 1. The number of ether oxygens (including phenoxy) is 1. The molecule has 1 saturated heterocycles. The molecule has 1 aromatic carbocycles. The van der Waals surface area contributed by atoms with E-state index in [0.717, 1.165) is 10.9 Å². The molecule has 1 amide bonds. The predicted octanol–water partition coefficient (Wildman–Crippen LogP) is 2.39. The molecule has 0 spiro atoms. The SMILES string of the molecule is CCOCCCNC(=O)[C@H]1CCCN(S(=O)(=O)c2ccc(Br)cc2)C1. The van der Waals surface area contributed by atoms with Gasteiger partial charge in [0.2, 0.25) is 15.9 Å². The van der Waals surface area contributed by atoms with Crippen molar-refractivity contribution in [1.82, 2.24) is 9.62 Å². The van der Waals surface area contributed by atoms with Crippen molar-refractivity contribution in [2.75, 3.05) is 32.8 Å². The van der Waals surface area contributed by atoms with Crippen LogP contribution in [0.4, 0.5) is 0 Å². The number of halogens is 1. The summed E-state index contributed by atoms with van der Waals surface area (Å²) in [5, 5.41) is 2.88. The van der Waals surface area contributed by atoms with Crippen LogP contribution in [0, 0.1) is 5.92 Å². The Bertz CT molecular complexity index is 664. The Morgan fingerprint density at radius 1 is 1.36 bits per heavy atom. The summed E-state index contributed by atoms with van der Waals surface area (Å²) in [6, 6.07) is 6.58. The van der Waals surface area contributed by atoms with Gasteiger partial charge < -0.3 is 10.1 Å². The fraction of sp³-hybridized carbons (Fsp3) is 0.588. The summed E-state index contributed by atoms with van der Waals surface area (Å²) in [5.74, 6) is -0.377. The molecule has 2 rings (SSSR count). The van der Waals surface area contributed by atoms with E-state index in [4.69, 9.17) is 4.74 Å². The monoisotopic (exact) mass is 432 g/mol.